The summed E-state index contributed by atoms with van der Waals surface area (Å²) in [4.78, 5) is 8.26. The Morgan fingerprint density at radius 2 is 0.664 bits per heavy atom. The summed E-state index contributed by atoms with van der Waals surface area (Å²) in [5.74, 6) is 0. The third-order valence-electron chi connectivity index (χ3n) is 20.8. The van der Waals surface area contributed by atoms with Gasteiger partial charge < -0.3 is 8.98 Å². The van der Waals surface area contributed by atoms with Gasteiger partial charge in [-0.2, -0.15) is 4.57 Å². The maximum atomic E-state index is 6.00. The Hall–Kier alpha value is -11.6. The van der Waals surface area contributed by atoms with Gasteiger partial charge in [0.25, 0.3) is 0 Å². The molecule has 0 aliphatic heterocycles. The third-order valence-corrected chi connectivity index (χ3v) is 21.9. The van der Waals surface area contributed by atoms with Gasteiger partial charge in [-0.15, -0.1) is 11.3 Å². The molecule has 0 bridgehead atoms. The number of pyridine rings is 5. The van der Waals surface area contributed by atoms with E-state index in [1.165, 1.54) is 163 Å². The lowest BCUT2D eigenvalue weighted by atomic mass is 9.85. The fourth-order valence-corrected chi connectivity index (χ4v) is 16.2. The van der Waals surface area contributed by atoms with Gasteiger partial charge in [-0.3, -0.25) is 0 Å². The van der Waals surface area contributed by atoms with E-state index in [1.54, 1.807) is 6.33 Å². The largest absolute Gasteiger partial charge is 0.456 e. The van der Waals surface area contributed by atoms with Gasteiger partial charge in [0.2, 0.25) is 28.3 Å². The van der Waals surface area contributed by atoms with E-state index in [2.05, 4.69) is 335 Å². The number of aryl methyl sites for hydroxylation is 13. The first-order valence-electron chi connectivity index (χ1n) is 47.9. The van der Waals surface area contributed by atoms with Crippen LogP contribution in [0.1, 0.15) is 230 Å². The van der Waals surface area contributed by atoms with Gasteiger partial charge in [0.1, 0.15) is 58.4 Å². The minimum Gasteiger partial charge on any atom is -0.456 e. The molecule has 684 valence electrons. The van der Waals surface area contributed by atoms with Crippen LogP contribution in [0.25, 0.3) is 142 Å². The number of hydrogen-bond donors (Lipinski definition) is 0. The first-order valence-corrected chi connectivity index (χ1v) is 48.8. The van der Waals surface area contributed by atoms with Gasteiger partial charge in [0, 0.05) is 121 Å². The molecule has 0 amide bonds. The van der Waals surface area contributed by atoms with Crippen molar-refractivity contribution >= 4 is 108 Å². The van der Waals surface area contributed by atoms with Crippen LogP contribution in [0.5, 0.6) is 0 Å². The molecule has 0 saturated heterocycles. The molecule has 9 nitrogen and oxygen atoms in total. The number of para-hydroxylation sites is 2. The molecule has 10 heteroatoms. The smallest absolute Gasteiger partial charge is 0.231 e. The van der Waals surface area contributed by atoms with E-state index < -0.39 is 0 Å². The molecule has 0 fully saturated rings. The summed E-state index contributed by atoms with van der Waals surface area (Å²) in [6.45, 7) is 71.9. The molecule has 0 aliphatic carbocycles. The normalized spacial score (nSPS) is 9.60. The zero-order valence-electron chi connectivity index (χ0n) is 87.1. The molecule has 9 aromatic heterocycles. The molecule has 128 heavy (non-hydrogen) atoms. The summed E-state index contributed by atoms with van der Waals surface area (Å²) in [6, 6.07) is 75.3. The highest BCUT2D eigenvalue weighted by Crippen LogP contribution is 2.42. The van der Waals surface area contributed by atoms with Gasteiger partial charge >= 0.3 is 0 Å². The van der Waals surface area contributed by atoms with Crippen molar-refractivity contribution in [2.24, 2.45) is 42.3 Å². The summed E-state index contributed by atoms with van der Waals surface area (Å²) in [5, 5.41) is 14.7. The summed E-state index contributed by atoms with van der Waals surface area (Å²) < 4.78 is 21.8. The van der Waals surface area contributed by atoms with Crippen LogP contribution in [0.4, 0.5) is 0 Å². The second-order valence-electron chi connectivity index (χ2n) is 27.3. The lowest BCUT2D eigenvalue weighted by Gasteiger charge is -2.18. The van der Waals surface area contributed by atoms with Crippen molar-refractivity contribution in [2.75, 3.05) is 0 Å². The zero-order valence-corrected chi connectivity index (χ0v) is 88.0. The number of hydrogen-bond acceptors (Lipinski definition) is 4. The SMILES string of the molecule is CC.CC.CC.CC.CC.CC.CC.CC.CC.CC.CC.CC.CC.Cc1c(C)c(C)c2c3ccc[n+](C)c3c3c(C)cccc3c2c1C.Cc1cc2c(cc1-c1cccc[n+]1C)oc1ccccc12.Cc1cc2c(cc1-c1cccc[n+]1C)sc1ccccc12.Cc1cc2c3ccccc3n(C)c2cc1-c1cccc[n+]1C.Cc1cncnc1-c1cccc[n+]1C. The second kappa shape index (κ2) is 61.0. The average molecular weight is 1740 g/mol. The second-order valence-corrected chi connectivity index (χ2v) is 28.3. The van der Waals surface area contributed by atoms with Crippen molar-refractivity contribution in [1.82, 2.24) is 14.5 Å². The van der Waals surface area contributed by atoms with E-state index in [0.29, 0.717) is 0 Å². The number of nitrogens with zero attached hydrogens (tertiary/aromatic N) is 8. The van der Waals surface area contributed by atoms with Gasteiger partial charge in [-0.05, 0) is 213 Å². The molecular formula is C118H165N8OS+5. The van der Waals surface area contributed by atoms with Gasteiger partial charge in [0.05, 0.1) is 27.5 Å². The number of aromatic nitrogens is 8. The van der Waals surface area contributed by atoms with Crippen LogP contribution in [-0.4, -0.2) is 14.5 Å². The first-order chi connectivity index (χ1) is 62.4. The Bertz CT molecular complexity index is 6000. The summed E-state index contributed by atoms with van der Waals surface area (Å²) >= 11 is 1.88. The Morgan fingerprint density at radius 3 is 1.16 bits per heavy atom. The lowest BCUT2D eigenvalue weighted by molar-refractivity contribution is -0.660. The van der Waals surface area contributed by atoms with Crippen LogP contribution in [0.15, 0.2) is 260 Å². The van der Waals surface area contributed by atoms with E-state index in [4.69, 9.17) is 4.42 Å². The zero-order chi connectivity index (χ0) is 97.2. The minimum atomic E-state index is 0.945. The van der Waals surface area contributed by atoms with Crippen LogP contribution >= 0.6 is 11.3 Å². The van der Waals surface area contributed by atoms with Crippen molar-refractivity contribution in [3.63, 3.8) is 0 Å². The fraction of sp³-hybridized carbons (Fsp3) is 0.347. The van der Waals surface area contributed by atoms with Crippen LogP contribution in [0, 0.1) is 62.3 Å². The molecule has 0 unspecified atom stereocenters. The number of furan rings is 1. The molecular weight excluding hydrogens is 1580 g/mol. The average Bonchev–Trinajstić information content (AvgIpc) is 1.04. The Balaban J connectivity index is 0.000000754. The molecule has 9 aromatic carbocycles. The highest BCUT2D eigenvalue weighted by molar-refractivity contribution is 7.25. The highest BCUT2D eigenvalue weighted by Gasteiger charge is 2.23. The molecule has 0 atom stereocenters. The van der Waals surface area contributed by atoms with Crippen LogP contribution in [0.3, 0.4) is 0 Å². The van der Waals surface area contributed by atoms with Gasteiger partial charge in [-0.25, -0.2) is 28.2 Å². The van der Waals surface area contributed by atoms with Gasteiger partial charge in [0.15, 0.2) is 31.0 Å². The topological polar surface area (TPSA) is 63.2 Å². The maximum Gasteiger partial charge on any atom is 0.231 e. The standard InChI is InChI=1S/C23H24N.C20H19N2.C19H16NO.C19H16NS.C11H12N3.13C2H6/c1-13-9-7-10-18-20(13)23-19(11-8-12-24(23)6)22-17(5)15(3)14(2)16(4)21(18)22;1-14-12-17-15-8-4-5-10-19(15)22(3)20(17)13-16(14)18-9-6-7-11-21(18)2;2*1-13-11-16-14-7-3-4-9-18(14)21-19(16)12-15(13)17-8-5-6-10-20(17)2;1-9-7-12-8-13-11(9)10-5-3-4-6-14(10)2;13*1-2/h7-12H,1-6H3;4-13H,1-3H3;2*3-12H,1-2H3;3-8H,1-2H3;13*1-2H3/q5*+1;;;;;;;;;;;;;. The predicted molar refractivity (Wildman–Crippen MR) is 572 cm³/mol. The summed E-state index contributed by atoms with van der Waals surface area (Å²) in [6.07, 6.45) is 13.8. The monoisotopic (exact) mass is 1740 g/mol. The van der Waals surface area contributed by atoms with Crippen LogP contribution in [-0.2, 0) is 42.3 Å². The molecule has 0 saturated carbocycles. The van der Waals surface area contributed by atoms with Crippen molar-refractivity contribution in [2.45, 2.75) is 242 Å². The molecule has 18 aromatic rings. The summed E-state index contributed by atoms with van der Waals surface area (Å²) in [5.41, 5.74) is 27.4. The van der Waals surface area contributed by atoms with Crippen LogP contribution < -0.4 is 22.8 Å². The third kappa shape index (κ3) is 27.2. The molecule has 0 radical (unpaired) electrons. The lowest BCUT2D eigenvalue weighted by Crippen LogP contribution is -2.30. The van der Waals surface area contributed by atoms with E-state index in [9.17, 15) is 0 Å². The van der Waals surface area contributed by atoms with Gasteiger partial charge in [-0.1, -0.05) is 253 Å². The van der Waals surface area contributed by atoms with E-state index in [0.717, 1.165) is 28.1 Å². The molecule has 9 heterocycles. The predicted octanol–water partition coefficient (Wildman–Crippen LogP) is 33.5. The number of thiophene rings is 1. The Morgan fingerprint density at radius 1 is 0.273 bits per heavy atom. The summed E-state index contributed by atoms with van der Waals surface area (Å²) in [7, 11) is 12.6. The van der Waals surface area contributed by atoms with Crippen molar-refractivity contribution in [3.8, 4) is 45.2 Å². The van der Waals surface area contributed by atoms with E-state index >= 15 is 0 Å². The highest BCUT2D eigenvalue weighted by atomic mass is 32.1. The molecule has 0 N–H and O–H groups in total. The van der Waals surface area contributed by atoms with Crippen molar-refractivity contribution < 1.29 is 27.3 Å². The van der Waals surface area contributed by atoms with Crippen molar-refractivity contribution in [1.29, 1.82) is 0 Å². The Labute approximate surface area is 780 Å². The maximum absolute atomic E-state index is 6.00. The molecule has 0 spiro atoms. The quantitative estimate of drug-likeness (QED) is 0.130. The van der Waals surface area contributed by atoms with E-state index in [-0.39, 0.29) is 0 Å². The van der Waals surface area contributed by atoms with Crippen molar-refractivity contribution in [3.05, 3.63) is 306 Å². The number of benzene rings is 9. The number of rotatable bonds is 4. The first kappa shape index (κ1) is 114. The molecule has 0 aliphatic rings. The minimum absolute atomic E-state index is 0.945. The fourth-order valence-electron chi connectivity index (χ4n) is 15.0. The Kier molecular flexibility index (Phi) is 54.5. The number of fused-ring (bicyclic) bond motifs is 15. The van der Waals surface area contributed by atoms with E-state index in [1.807, 2.05) is 248 Å². The molecule has 18 rings (SSSR count). The van der Waals surface area contributed by atoms with Crippen LogP contribution in [0.2, 0.25) is 0 Å².